The van der Waals surface area contributed by atoms with E-state index < -0.39 is 21.2 Å². The maximum Gasteiger partial charge on any atom is 0.350 e. The smallest absolute Gasteiger partial charge is 0.281 e. The number of carbonyl (C=O) groups excluding carboxylic acids is 1. The molecular formula is C20H15NO3S. The molecule has 3 rings (SSSR count). The minimum Gasteiger partial charge on any atom is -0.281 e. The fourth-order valence-electron chi connectivity index (χ4n) is 2.44. The van der Waals surface area contributed by atoms with Crippen molar-refractivity contribution in [2.24, 2.45) is 0 Å². The number of Topliss-reactive ketones (excluding diaryl/α,β-unsaturated/α-hetero) is 1. The Hall–Kier alpha value is -3.05. The highest BCUT2D eigenvalue weighted by atomic mass is 32.2. The predicted molar refractivity (Wildman–Crippen MR) is 99.8 cm³/mol. The van der Waals surface area contributed by atoms with Crippen LogP contribution in [-0.2, 0) is 0 Å². The molecule has 0 amide bonds. The molecule has 5 heteroatoms. The fourth-order valence-corrected chi connectivity index (χ4v) is 4.47. The third-order valence-corrected chi connectivity index (χ3v) is 5.76. The number of ketones is 1. The summed E-state index contributed by atoms with van der Waals surface area (Å²) >= 11 is 0. The fraction of sp³-hybridized carbons (Fsp3) is 0. The molecular weight excluding hydrogens is 334 g/mol. The van der Waals surface area contributed by atoms with Gasteiger partial charge in [-0.3, -0.25) is 14.9 Å². The monoisotopic (exact) mass is 349 g/mol. The normalized spacial score (nSPS) is 10.4. The van der Waals surface area contributed by atoms with Gasteiger partial charge in [0.1, 0.15) is 0 Å². The van der Waals surface area contributed by atoms with Crippen LogP contribution < -0.4 is 0 Å². The molecule has 0 unspecified atom stereocenters. The zero-order valence-electron chi connectivity index (χ0n) is 13.2. The Morgan fingerprint density at radius 1 is 0.720 bits per heavy atom. The molecule has 0 spiro atoms. The Morgan fingerprint density at radius 2 is 1.12 bits per heavy atom. The molecule has 0 atom stereocenters. The van der Waals surface area contributed by atoms with Crippen LogP contribution in [0, 0.1) is 10.1 Å². The number of nitrogens with zero attached hydrogens (tertiary/aromatic N) is 1. The maximum absolute atomic E-state index is 12.9. The van der Waals surface area contributed by atoms with Crippen LogP contribution >= 0.6 is 10.5 Å². The zero-order chi connectivity index (χ0) is 17.6. The van der Waals surface area contributed by atoms with Gasteiger partial charge in [-0.2, -0.15) is 0 Å². The Labute approximate surface area is 147 Å². The summed E-state index contributed by atoms with van der Waals surface area (Å²) < 4.78 is 0. The SMILES string of the molecule is O=C(C([N+](=O)[O-])=S(c1ccccc1)c1ccccc1)c1ccccc1. The molecule has 0 saturated carbocycles. The molecule has 4 nitrogen and oxygen atoms in total. The first-order chi connectivity index (χ1) is 12.2. The minimum atomic E-state index is -1.08. The number of benzene rings is 3. The van der Waals surface area contributed by atoms with Gasteiger partial charge < -0.3 is 0 Å². The summed E-state index contributed by atoms with van der Waals surface area (Å²) in [7, 11) is -1.08. The molecule has 0 aliphatic carbocycles. The Balaban J connectivity index is 2.29. The van der Waals surface area contributed by atoms with Gasteiger partial charge in [-0.15, -0.1) is 0 Å². The van der Waals surface area contributed by atoms with Crippen LogP contribution in [0.5, 0.6) is 0 Å². The second-order valence-corrected chi connectivity index (χ2v) is 7.13. The van der Waals surface area contributed by atoms with E-state index >= 15 is 0 Å². The second-order valence-electron chi connectivity index (χ2n) is 5.19. The summed E-state index contributed by atoms with van der Waals surface area (Å²) in [6.07, 6.45) is 0. The highest BCUT2D eigenvalue weighted by Crippen LogP contribution is 2.37. The molecule has 0 heterocycles. The van der Waals surface area contributed by atoms with Gasteiger partial charge >= 0.3 is 4.99 Å². The summed E-state index contributed by atoms with van der Waals surface area (Å²) in [6, 6.07) is 26.6. The van der Waals surface area contributed by atoms with Crippen LogP contribution in [0.1, 0.15) is 10.4 Å². The molecule has 0 N–H and O–H groups in total. The van der Waals surface area contributed by atoms with E-state index in [4.69, 9.17) is 0 Å². The average Bonchev–Trinajstić information content (AvgIpc) is 2.67. The second kappa shape index (κ2) is 7.68. The van der Waals surface area contributed by atoms with E-state index in [2.05, 4.69) is 0 Å². The van der Waals surface area contributed by atoms with E-state index in [1.165, 1.54) is 0 Å². The molecule has 124 valence electrons. The van der Waals surface area contributed by atoms with E-state index in [0.717, 1.165) is 9.79 Å². The average molecular weight is 349 g/mol. The van der Waals surface area contributed by atoms with Crippen LogP contribution in [-0.4, -0.2) is 15.7 Å². The molecule has 0 aliphatic heterocycles. The molecule has 0 fully saturated rings. The van der Waals surface area contributed by atoms with Crippen molar-refractivity contribution in [3.63, 3.8) is 0 Å². The van der Waals surface area contributed by atoms with Crippen LogP contribution in [0.3, 0.4) is 0 Å². The van der Waals surface area contributed by atoms with Crippen molar-refractivity contribution in [1.82, 2.24) is 0 Å². The first kappa shape index (κ1) is 16.8. The highest BCUT2D eigenvalue weighted by molar-refractivity contribution is 8.16. The summed E-state index contributed by atoms with van der Waals surface area (Å²) in [5.41, 5.74) is 0.318. The number of hydrogen-bond acceptors (Lipinski definition) is 3. The van der Waals surface area contributed by atoms with Gasteiger partial charge in [0.05, 0.1) is 4.92 Å². The van der Waals surface area contributed by atoms with E-state index in [9.17, 15) is 14.9 Å². The lowest BCUT2D eigenvalue weighted by Crippen LogP contribution is -2.23. The van der Waals surface area contributed by atoms with Crippen molar-refractivity contribution < 1.29 is 9.72 Å². The minimum absolute atomic E-state index is 0.316. The molecule has 3 aromatic rings. The maximum atomic E-state index is 12.9. The summed E-state index contributed by atoms with van der Waals surface area (Å²) in [4.78, 5) is 25.4. The standard InChI is InChI=1S/C20H15NO3S/c22-19(16-10-4-1-5-11-16)20(21(23)24)25(17-12-6-2-7-13-17)18-14-8-3-9-15-18/h1-15H. The van der Waals surface area contributed by atoms with E-state index in [-0.39, 0.29) is 4.99 Å². The molecule has 25 heavy (non-hydrogen) atoms. The highest BCUT2D eigenvalue weighted by Gasteiger charge is 2.29. The largest absolute Gasteiger partial charge is 0.350 e. The van der Waals surface area contributed by atoms with Crippen molar-refractivity contribution in [2.45, 2.75) is 9.79 Å². The van der Waals surface area contributed by atoms with Crippen molar-refractivity contribution >= 4 is 21.3 Å². The van der Waals surface area contributed by atoms with E-state index in [1.54, 1.807) is 30.3 Å². The Morgan fingerprint density at radius 3 is 1.52 bits per heavy atom. The van der Waals surface area contributed by atoms with Crippen LogP contribution in [0.25, 0.3) is 0 Å². The number of nitro groups is 1. The van der Waals surface area contributed by atoms with Gasteiger partial charge in [-0.05, 0) is 34.7 Å². The van der Waals surface area contributed by atoms with Gasteiger partial charge in [0, 0.05) is 15.4 Å². The molecule has 0 aromatic heterocycles. The number of hydrogen-bond donors (Lipinski definition) is 0. The molecule has 3 aromatic carbocycles. The third-order valence-electron chi connectivity index (χ3n) is 3.55. The van der Waals surface area contributed by atoms with Crippen LogP contribution in [0.15, 0.2) is 101 Å². The number of rotatable bonds is 4. The van der Waals surface area contributed by atoms with Crippen LogP contribution in [0.4, 0.5) is 0 Å². The Kier molecular flexibility index (Phi) is 5.16. The molecule has 0 saturated heterocycles. The van der Waals surface area contributed by atoms with Crippen molar-refractivity contribution in [3.05, 3.63) is 107 Å². The van der Waals surface area contributed by atoms with Crippen molar-refractivity contribution in [2.75, 3.05) is 0 Å². The Bertz CT molecular complexity index is 881. The van der Waals surface area contributed by atoms with Gasteiger partial charge in [0.25, 0.3) is 5.78 Å². The quantitative estimate of drug-likeness (QED) is 0.298. The van der Waals surface area contributed by atoms with Gasteiger partial charge in [-0.25, -0.2) is 0 Å². The molecule has 0 bridgehead atoms. The van der Waals surface area contributed by atoms with Crippen molar-refractivity contribution in [3.8, 4) is 0 Å². The first-order valence-corrected chi connectivity index (χ1v) is 8.86. The third kappa shape index (κ3) is 3.72. The van der Waals surface area contributed by atoms with Gasteiger partial charge in [-0.1, -0.05) is 66.7 Å². The van der Waals surface area contributed by atoms with E-state index in [1.807, 2.05) is 60.7 Å². The molecule has 0 aliphatic rings. The summed E-state index contributed by atoms with van der Waals surface area (Å²) in [6.45, 7) is 0. The lowest BCUT2D eigenvalue weighted by Gasteiger charge is -2.11. The zero-order valence-corrected chi connectivity index (χ0v) is 14.1. The predicted octanol–water partition coefficient (Wildman–Crippen LogP) is 4.66. The lowest BCUT2D eigenvalue weighted by atomic mass is 10.1. The topological polar surface area (TPSA) is 60.2 Å². The number of carbonyl (C=O) groups is 1. The molecule has 0 radical (unpaired) electrons. The first-order valence-electron chi connectivity index (χ1n) is 7.64. The van der Waals surface area contributed by atoms with Crippen molar-refractivity contribution in [1.29, 1.82) is 0 Å². The van der Waals surface area contributed by atoms with E-state index in [0.29, 0.717) is 5.56 Å². The van der Waals surface area contributed by atoms with Crippen LogP contribution in [0.2, 0.25) is 0 Å². The van der Waals surface area contributed by atoms with Gasteiger partial charge in [0.15, 0.2) is 0 Å². The van der Waals surface area contributed by atoms with Gasteiger partial charge in [0.2, 0.25) is 0 Å². The lowest BCUT2D eigenvalue weighted by molar-refractivity contribution is -0.342. The summed E-state index contributed by atoms with van der Waals surface area (Å²) in [5, 5.41) is 11.9. The summed E-state index contributed by atoms with van der Waals surface area (Å²) in [5.74, 6) is -0.554.